The van der Waals surface area contributed by atoms with Gasteiger partial charge in [-0.1, -0.05) is 24.3 Å². The van der Waals surface area contributed by atoms with Crippen LogP contribution < -0.4 is 10.5 Å². The van der Waals surface area contributed by atoms with Crippen LogP contribution >= 0.6 is 0 Å². The van der Waals surface area contributed by atoms with Gasteiger partial charge in [0.05, 0.1) is 24.3 Å². The molecule has 1 atom stereocenters. The summed E-state index contributed by atoms with van der Waals surface area (Å²) in [5, 5.41) is 2.24. The van der Waals surface area contributed by atoms with Crippen molar-refractivity contribution in [3.8, 4) is 5.75 Å². The van der Waals surface area contributed by atoms with Gasteiger partial charge in [0.2, 0.25) is 0 Å². The highest BCUT2D eigenvalue weighted by Crippen LogP contribution is 2.39. The Bertz CT molecular complexity index is 713. The first-order chi connectivity index (χ1) is 10.7. The molecule has 0 spiro atoms. The number of methoxy groups -OCH3 is 1. The lowest BCUT2D eigenvalue weighted by Crippen LogP contribution is -2.41. The maximum atomic E-state index is 6.41. The molecule has 4 nitrogen and oxygen atoms in total. The van der Waals surface area contributed by atoms with Crippen molar-refractivity contribution in [2.75, 3.05) is 7.11 Å². The second kappa shape index (κ2) is 5.51. The minimum Gasteiger partial charge on any atom is -0.497 e. The first-order valence-electron chi connectivity index (χ1n) is 7.92. The van der Waals surface area contributed by atoms with Crippen LogP contribution in [0.2, 0.25) is 0 Å². The summed E-state index contributed by atoms with van der Waals surface area (Å²) >= 11 is 0. The predicted molar refractivity (Wildman–Crippen MR) is 93.5 cm³/mol. The van der Waals surface area contributed by atoms with E-state index in [9.17, 15) is 0 Å². The van der Waals surface area contributed by atoms with Gasteiger partial charge in [0.25, 0.3) is 0 Å². The minimum atomic E-state index is -0.448. The second-order valence-electron chi connectivity index (χ2n) is 7.12. The molecule has 2 aromatic rings. The molecule has 1 aliphatic rings. The van der Waals surface area contributed by atoms with Crippen molar-refractivity contribution in [2.45, 2.75) is 44.8 Å². The largest absolute Gasteiger partial charge is 0.497 e. The summed E-state index contributed by atoms with van der Waals surface area (Å²) in [5.41, 5.74) is 6.67. The van der Waals surface area contributed by atoms with E-state index in [-0.39, 0.29) is 17.1 Å². The van der Waals surface area contributed by atoms with Crippen LogP contribution in [0.25, 0.3) is 10.8 Å². The summed E-state index contributed by atoms with van der Waals surface area (Å²) < 4.78 is 17.4. The van der Waals surface area contributed by atoms with E-state index in [2.05, 4.69) is 12.1 Å². The van der Waals surface area contributed by atoms with Gasteiger partial charge in [0.1, 0.15) is 5.75 Å². The summed E-state index contributed by atoms with van der Waals surface area (Å²) in [6.07, 6.45) is 0. The fourth-order valence-corrected chi connectivity index (χ4v) is 2.77. The van der Waals surface area contributed by atoms with Crippen LogP contribution in [0.3, 0.4) is 0 Å². The summed E-state index contributed by atoms with van der Waals surface area (Å²) in [6.45, 7) is 8.14. The molecule has 2 N–H and O–H groups in total. The molecule has 23 heavy (non-hydrogen) atoms. The number of fused-ring (bicyclic) bond motifs is 1. The number of rotatable bonds is 3. The van der Waals surface area contributed by atoms with Crippen LogP contribution in [0.1, 0.15) is 39.2 Å². The monoisotopic (exact) mass is 313 g/mol. The van der Waals surface area contributed by atoms with Gasteiger partial charge in [-0.3, -0.25) is 0 Å². The van der Waals surface area contributed by atoms with Crippen molar-refractivity contribution in [3.05, 3.63) is 42.0 Å². The van der Waals surface area contributed by atoms with E-state index < -0.39 is 7.12 Å². The number of ether oxygens (including phenoxy) is 1. The second-order valence-corrected chi connectivity index (χ2v) is 7.12. The highest BCUT2D eigenvalue weighted by molar-refractivity contribution is 6.47. The SMILES string of the molecule is COc1ccc2cc([C@@H](N)B3OC(C)(C)C(C)(C)O3)ccc2c1. The zero-order valence-corrected chi connectivity index (χ0v) is 14.4. The first-order valence-corrected chi connectivity index (χ1v) is 7.92. The third-order valence-electron chi connectivity index (χ3n) is 5.02. The maximum absolute atomic E-state index is 6.41. The van der Waals surface area contributed by atoms with Crippen LogP contribution in [0.15, 0.2) is 36.4 Å². The normalized spacial score (nSPS) is 20.7. The van der Waals surface area contributed by atoms with Crippen molar-refractivity contribution < 1.29 is 14.0 Å². The number of hydrogen-bond acceptors (Lipinski definition) is 4. The lowest BCUT2D eigenvalue weighted by Gasteiger charge is -2.32. The molecule has 0 saturated carbocycles. The van der Waals surface area contributed by atoms with Gasteiger partial charge >= 0.3 is 7.12 Å². The third kappa shape index (κ3) is 2.85. The third-order valence-corrected chi connectivity index (χ3v) is 5.02. The molecule has 0 bridgehead atoms. The molecule has 0 aromatic heterocycles. The molecule has 3 rings (SSSR count). The van der Waals surface area contributed by atoms with Crippen LogP contribution in [-0.2, 0) is 9.31 Å². The molecule has 0 unspecified atom stereocenters. The molecule has 2 aromatic carbocycles. The molecule has 1 fully saturated rings. The average Bonchev–Trinajstić information content (AvgIpc) is 2.73. The molecule has 122 valence electrons. The molecular formula is C18H24BNO3. The number of benzene rings is 2. The zero-order valence-electron chi connectivity index (χ0n) is 14.4. The number of hydrogen-bond donors (Lipinski definition) is 1. The fourth-order valence-electron chi connectivity index (χ4n) is 2.77. The van der Waals surface area contributed by atoms with E-state index in [1.54, 1.807) is 7.11 Å². The Kier molecular flexibility index (Phi) is 3.91. The van der Waals surface area contributed by atoms with Crippen molar-refractivity contribution in [3.63, 3.8) is 0 Å². The average molecular weight is 313 g/mol. The molecule has 1 aliphatic heterocycles. The summed E-state index contributed by atoms with van der Waals surface area (Å²) in [4.78, 5) is 0. The summed E-state index contributed by atoms with van der Waals surface area (Å²) in [5.74, 6) is 0.517. The van der Waals surface area contributed by atoms with Gasteiger partial charge in [0.15, 0.2) is 0 Å². The van der Waals surface area contributed by atoms with Gasteiger partial charge in [0, 0.05) is 0 Å². The van der Waals surface area contributed by atoms with Crippen molar-refractivity contribution in [1.29, 1.82) is 0 Å². The lowest BCUT2D eigenvalue weighted by molar-refractivity contribution is 0.00578. The molecule has 5 heteroatoms. The molecular weight excluding hydrogens is 289 g/mol. The topological polar surface area (TPSA) is 53.7 Å². The highest BCUT2D eigenvalue weighted by Gasteiger charge is 2.53. The Hall–Kier alpha value is -1.56. The van der Waals surface area contributed by atoms with Crippen LogP contribution in [0.4, 0.5) is 0 Å². The summed E-state index contributed by atoms with van der Waals surface area (Å²) in [6, 6.07) is 12.2. The Labute approximate surface area is 138 Å². The van der Waals surface area contributed by atoms with E-state index in [1.807, 2.05) is 52.0 Å². The van der Waals surface area contributed by atoms with E-state index in [4.69, 9.17) is 19.8 Å². The standard InChI is InChI=1S/C18H24BNO3/c1-17(2)18(3,4)23-19(22-17)16(20)14-7-6-13-11-15(21-5)9-8-12(13)10-14/h6-11,16H,20H2,1-5H3/t16-/m1/s1. The van der Waals surface area contributed by atoms with Crippen molar-refractivity contribution in [2.24, 2.45) is 5.73 Å². The van der Waals surface area contributed by atoms with E-state index >= 15 is 0 Å². The van der Waals surface area contributed by atoms with E-state index in [1.165, 1.54) is 0 Å². The van der Waals surface area contributed by atoms with Crippen molar-refractivity contribution in [1.82, 2.24) is 0 Å². The smallest absolute Gasteiger partial charge is 0.480 e. The fraction of sp³-hybridized carbons (Fsp3) is 0.444. The first kappa shape index (κ1) is 16.3. The van der Waals surface area contributed by atoms with Gasteiger partial charge in [-0.05, 0) is 56.2 Å². The van der Waals surface area contributed by atoms with Crippen LogP contribution in [-0.4, -0.2) is 25.4 Å². The minimum absolute atomic E-state index is 0.331. The molecule has 0 amide bonds. The maximum Gasteiger partial charge on any atom is 0.480 e. The number of nitrogens with two attached hydrogens (primary N) is 1. The van der Waals surface area contributed by atoms with Gasteiger partial charge in [-0.25, -0.2) is 0 Å². The van der Waals surface area contributed by atoms with Gasteiger partial charge in [-0.15, -0.1) is 0 Å². The van der Waals surface area contributed by atoms with E-state index in [0.29, 0.717) is 0 Å². The Morgan fingerprint density at radius 2 is 1.52 bits per heavy atom. The Morgan fingerprint density at radius 1 is 0.957 bits per heavy atom. The van der Waals surface area contributed by atoms with Crippen LogP contribution in [0, 0.1) is 0 Å². The molecule has 1 saturated heterocycles. The lowest BCUT2D eigenvalue weighted by atomic mass is 9.74. The van der Waals surface area contributed by atoms with Crippen LogP contribution in [0.5, 0.6) is 5.75 Å². The Morgan fingerprint density at radius 3 is 2.13 bits per heavy atom. The quantitative estimate of drug-likeness (QED) is 0.882. The highest BCUT2D eigenvalue weighted by atomic mass is 16.7. The van der Waals surface area contributed by atoms with E-state index in [0.717, 1.165) is 22.1 Å². The molecule has 1 heterocycles. The van der Waals surface area contributed by atoms with Gasteiger partial charge in [-0.2, -0.15) is 0 Å². The summed E-state index contributed by atoms with van der Waals surface area (Å²) in [7, 11) is 1.22. The van der Waals surface area contributed by atoms with Gasteiger partial charge < -0.3 is 19.8 Å². The van der Waals surface area contributed by atoms with Crippen molar-refractivity contribution >= 4 is 17.9 Å². The predicted octanol–water partition coefficient (Wildman–Crippen LogP) is 3.48. The molecule has 0 radical (unpaired) electrons. The Balaban J connectivity index is 1.88. The zero-order chi connectivity index (χ0) is 16.8. The molecule has 0 aliphatic carbocycles.